The van der Waals surface area contributed by atoms with Gasteiger partial charge in [0.1, 0.15) is 17.0 Å². The number of rotatable bonds is 4. The second-order valence-electron chi connectivity index (χ2n) is 3.94. The van der Waals surface area contributed by atoms with Crippen molar-refractivity contribution in [2.24, 2.45) is 0 Å². The van der Waals surface area contributed by atoms with E-state index in [2.05, 4.69) is 14.1 Å². The van der Waals surface area contributed by atoms with Crippen molar-refractivity contribution in [3.05, 3.63) is 29.6 Å². The van der Waals surface area contributed by atoms with E-state index in [0.717, 1.165) is 22.7 Å². The lowest BCUT2D eigenvalue weighted by Crippen LogP contribution is -2.14. The minimum atomic E-state index is -3.73. The summed E-state index contributed by atoms with van der Waals surface area (Å²) in [7, 11) is -2.29. The summed E-state index contributed by atoms with van der Waals surface area (Å²) in [5.41, 5.74) is 1.84. The molecule has 1 aromatic carbocycles. The highest BCUT2D eigenvalue weighted by Gasteiger charge is 2.21. The van der Waals surface area contributed by atoms with Crippen LogP contribution in [0.1, 0.15) is 11.1 Å². The van der Waals surface area contributed by atoms with Crippen molar-refractivity contribution in [2.45, 2.75) is 18.7 Å². The normalized spacial score (nSPS) is 11.3. The highest BCUT2D eigenvalue weighted by molar-refractivity contribution is 7.93. The van der Waals surface area contributed by atoms with Crippen molar-refractivity contribution in [2.75, 3.05) is 11.8 Å². The first-order chi connectivity index (χ1) is 8.94. The Bertz CT molecular complexity index is 681. The molecule has 0 aliphatic rings. The number of sulfonamides is 1. The monoisotopic (exact) mass is 299 g/mol. The summed E-state index contributed by atoms with van der Waals surface area (Å²) in [4.78, 5) is 3.89. The molecular weight excluding hydrogens is 286 g/mol. The van der Waals surface area contributed by atoms with Crippen LogP contribution in [0.25, 0.3) is 0 Å². The fourth-order valence-electron chi connectivity index (χ4n) is 1.52. The van der Waals surface area contributed by atoms with Crippen molar-refractivity contribution >= 4 is 26.7 Å². The Hall–Kier alpha value is -1.67. The number of benzene rings is 1. The van der Waals surface area contributed by atoms with Crippen molar-refractivity contribution < 1.29 is 13.2 Å². The van der Waals surface area contributed by atoms with Crippen LogP contribution < -0.4 is 9.46 Å². The third-order valence-electron chi connectivity index (χ3n) is 2.65. The average Bonchev–Trinajstić information content (AvgIpc) is 2.84. The summed E-state index contributed by atoms with van der Waals surface area (Å²) < 4.78 is 35.8. The first-order valence-electron chi connectivity index (χ1n) is 5.39. The van der Waals surface area contributed by atoms with Crippen LogP contribution >= 0.6 is 11.5 Å². The van der Waals surface area contributed by atoms with Gasteiger partial charge in [-0.2, -0.15) is 4.37 Å². The molecule has 0 aliphatic carbocycles. The molecule has 0 saturated heterocycles. The molecule has 0 spiro atoms. The maximum absolute atomic E-state index is 12.3. The quantitative estimate of drug-likeness (QED) is 0.933. The minimum Gasteiger partial charge on any atom is -0.495 e. The molecular formula is C11H13N3O3S2. The topological polar surface area (TPSA) is 81.2 Å². The largest absolute Gasteiger partial charge is 0.495 e. The lowest BCUT2D eigenvalue weighted by atomic mass is 10.1. The van der Waals surface area contributed by atoms with Crippen LogP contribution in [0.2, 0.25) is 0 Å². The molecule has 1 heterocycles. The number of aromatic nitrogens is 2. The Morgan fingerprint density at radius 3 is 2.53 bits per heavy atom. The van der Waals surface area contributed by atoms with Gasteiger partial charge in [-0.25, -0.2) is 13.4 Å². The van der Waals surface area contributed by atoms with Crippen LogP contribution in [-0.2, 0) is 10.0 Å². The van der Waals surface area contributed by atoms with Crippen molar-refractivity contribution in [1.29, 1.82) is 0 Å². The van der Waals surface area contributed by atoms with Gasteiger partial charge < -0.3 is 4.74 Å². The lowest BCUT2D eigenvalue weighted by molar-refractivity contribution is 0.402. The summed E-state index contributed by atoms with van der Waals surface area (Å²) in [5, 5.41) is 0.222. The number of methoxy groups -OCH3 is 1. The van der Waals surface area contributed by atoms with E-state index >= 15 is 0 Å². The maximum Gasteiger partial charge on any atom is 0.267 e. The molecule has 1 N–H and O–H groups in total. The van der Waals surface area contributed by atoms with E-state index in [9.17, 15) is 8.42 Å². The molecule has 0 atom stereocenters. The third kappa shape index (κ3) is 2.85. The molecule has 0 bridgehead atoms. The number of hydrogen-bond donors (Lipinski definition) is 1. The Labute approximate surface area is 115 Å². The van der Waals surface area contributed by atoms with Gasteiger partial charge in [0.15, 0.2) is 0 Å². The molecule has 0 radical (unpaired) electrons. The van der Waals surface area contributed by atoms with Gasteiger partial charge in [0.25, 0.3) is 10.0 Å². The molecule has 0 fully saturated rings. The summed E-state index contributed by atoms with van der Waals surface area (Å²) in [6.45, 7) is 3.74. The molecule has 2 aromatic rings. The number of hydrogen-bond acceptors (Lipinski definition) is 6. The highest BCUT2D eigenvalue weighted by Crippen LogP contribution is 2.28. The molecule has 0 amide bonds. The highest BCUT2D eigenvalue weighted by atomic mass is 32.2. The SMILES string of the molecule is COc1cc(C)c(C)cc1S(=O)(=O)Nc1ncns1. The molecule has 0 unspecified atom stereocenters. The zero-order chi connectivity index (χ0) is 14.0. The Morgan fingerprint density at radius 1 is 1.26 bits per heavy atom. The number of nitrogens with one attached hydrogen (secondary N) is 1. The lowest BCUT2D eigenvalue weighted by Gasteiger charge is -2.12. The first-order valence-corrected chi connectivity index (χ1v) is 7.64. The second-order valence-corrected chi connectivity index (χ2v) is 6.37. The van der Waals surface area contributed by atoms with Gasteiger partial charge in [-0.05, 0) is 37.1 Å². The zero-order valence-electron chi connectivity index (χ0n) is 10.7. The van der Waals surface area contributed by atoms with Crippen LogP contribution in [0, 0.1) is 13.8 Å². The minimum absolute atomic E-state index is 0.0910. The van der Waals surface area contributed by atoms with Crippen molar-refractivity contribution in [3.8, 4) is 5.75 Å². The van der Waals surface area contributed by atoms with Gasteiger partial charge in [0.05, 0.1) is 7.11 Å². The predicted octanol–water partition coefficient (Wildman–Crippen LogP) is 1.96. The third-order valence-corrected chi connectivity index (χ3v) is 4.72. The van der Waals surface area contributed by atoms with Gasteiger partial charge in [0, 0.05) is 11.5 Å². The van der Waals surface area contributed by atoms with Crippen LogP contribution in [0.4, 0.5) is 5.13 Å². The Kier molecular flexibility index (Phi) is 3.72. The number of anilines is 1. The van der Waals surface area contributed by atoms with E-state index in [1.54, 1.807) is 12.1 Å². The smallest absolute Gasteiger partial charge is 0.267 e. The van der Waals surface area contributed by atoms with Gasteiger partial charge >= 0.3 is 0 Å². The van der Waals surface area contributed by atoms with Gasteiger partial charge in [-0.1, -0.05) is 0 Å². The van der Waals surface area contributed by atoms with Crippen LogP contribution in [0.15, 0.2) is 23.4 Å². The van der Waals surface area contributed by atoms with Gasteiger partial charge in [-0.15, -0.1) is 0 Å². The van der Waals surface area contributed by atoms with Gasteiger partial charge in [-0.3, -0.25) is 4.72 Å². The summed E-state index contributed by atoms with van der Waals surface area (Å²) in [6, 6.07) is 3.28. The van der Waals surface area contributed by atoms with Crippen molar-refractivity contribution in [3.63, 3.8) is 0 Å². The van der Waals surface area contributed by atoms with Gasteiger partial charge in [0.2, 0.25) is 5.13 Å². The molecule has 2 rings (SSSR count). The van der Waals surface area contributed by atoms with E-state index in [0.29, 0.717) is 5.75 Å². The van der Waals surface area contributed by atoms with E-state index in [-0.39, 0.29) is 10.0 Å². The summed E-state index contributed by atoms with van der Waals surface area (Å²) in [5.74, 6) is 0.306. The average molecular weight is 299 g/mol. The van der Waals surface area contributed by atoms with Crippen LogP contribution in [0.5, 0.6) is 5.75 Å². The first kappa shape index (κ1) is 13.8. The molecule has 19 heavy (non-hydrogen) atoms. The van der Waals surface area contributed by atoms with E-state index in [4.69, 9.17) is 4.74 Å². The van der Waals surface area contributed by atoms with E-state index in [1.807, 2.05) is 13.8 Å². The molecule has 8 heteroatoms. The van der Waals surface area contributed by atoms with Crippen LogP contribution in [-0.4, -0.2) is 24.9 Å². The number of aryl methyl sites for hydroxylation is 2. The molecule has 0 aliphatic heterocycles. The Balaban J connectivity index is 2.48. The maximum atomic E-state index is 12.3. The second kappa shape index (κ2) is 5.14. The Morgan fingerprint density at radius 2 is 1.95 bits per heavy atom. The van der Waals surface area contributed by atoms with E-state index < -0.39 is 10.0 Å². The molecule has 0 saturated carbocycles. The zero-order valence-corrected chi connectivity index (χ0v) is 12.3. The fourth-order valence-corrected chi connectivity index (χ4v) is 3.42. The van der Waals surface area contributed by atoms with E-state index in [1.165, 1.54) is 13.4 Å². The summed E-state index contributed by atoms with van der Waals surface area (Å²) in [6.07, 6.45) is 1.29. The predicted molar refractivity (Wildman–Crippen MR) is 73.2 cm³/mol. The summed E-state index contributed by atoms with van der Waals surface area (Å²) >= 11 is 0.973. The fraction of sp³-hybridized carbons (Fsp3) is 0.273. The number of nitrogens with zero attached hydrogens (tertiary/aromatic N) is 2. The van der Waals surface area contributed by atoms with Crippen LogP contribution in [0.3, 0.4) is 0 Å². The standard InChI is InChI=1S/C11H13N3O3S2/c1-7-4-9(17-3)10(5-8(7)2)19(15,16)14-11-12-6-13-18-11/h4-6H,1-3H3,(H,12,13,14). The molecule has 1 aromatic heterocycles. The molecule has 6 nitrogen and oxygen atoms in total. The molecule has 102 valence electrons. The van der Waals surface area contributed by atoms with Crippen molar-refractivity contribution in [1.82, 2.24) is 9.36 Å². The number of ether oxygens (including phenoxy) is 1.